The van der Waals surface area contributed by atoms with Crippen LogP contribution >= 0.6 is 23.2 Å². The van der Waals surface area contributed by atoms with Crippen LogP contribution in [0.3, 0.4) is 0 Å². The van der Waals surface area contributed by atoms with Crippen molar-refractivity contribution in [3.05, 3.63) is 27.7 Å². The number of carboxylic acids is 1. The number of rotatable bonds is 4. The minimum Gasteiger partial charge on any atom is -0.480 e. The van der Waals surface area contributed by atoms with E-state index in [1.54, 1.807) is 33.8 Å². The number of carbonyl (C=O) groups is 3. The smallest absolute Gasteiger partial charge is 0.408 e. The maximum Gasteiger partial charge on any atom is 0.408 e. The van der Waals surface area contributed by atoms with Crippen LogP contribution in [-0.4, -0.2) is 40.8 Å². The zero-order valence-corrected chi connectivity index (χ0v) is 17.0. The molecule has 2 atom stereocenters. The number of carbonyl (C=O) groups excluding carboxylic acids is 2. The standard InChI is InChI=1S/C18H22Cl2N2O5/c1-5-11(21-17(26)27-18(2,3)4)15(23)22-12-7-6-10(19)14(20)9(12)8-13(22)16(24)25/h6-7,11,13H,5,8H2,1-4H3,(H,21,26)(H,24,25)/t11-,13+/m0/s1. The number of amides is 2. The number of hydrogen-bond acceptors (Lipinski definition) is 4. The molecule has 2 rings (SSSR count). The topological polar surface area (TPSA) is 95.9 Å². The molecule has 1 aliphatic heterocycles. The molecule has 0 spiro atoms. The summed E-state index contributed by atoms with van der Waals surface area (Å²) in [6.07, 6.45) is -0.445. The zero-order valence-electron chi connectivity index (χ0n) is 15.5. The van der Waals surface area contributed by atoms with Gasteiger partial charge in [0.05, 0.1) is 10.0 Å². The monoisotopic (exact) mass is 416 g/mol. The van der Waals surface area contributed by atoms with E-state index in [0.717, 1.165) is 4.90 Å². The summed E-state index contributed by atoms with van der Waals surface area (Å²) in [5.41, 5.74) is 0.155. The van der Waals surface area contributed by atoms with Gasteiger partial charge in [-0.2, -0.15) is 0 Å². The number of fused-ring (bicyclic) bond motifs is 1. The highest BCUT2D eigenvalue weighted by molar-refractivity contribution is 6.43. The van der Waals surface area contributed by atoms with Gasteiger partial charge in [0.2, 0.25) is 0 Å². The lowest BCUT2D eigenvalue weighted by atomic mass is 10.1. The number of carboxylic acid groups (broad SMARTS) is 1. The summed E-state index contributed by atoms with van der Waals surface area (Å²) in [5.74, 6) is -1.72. The van der Waals surface area contributed by atoms with Crippen LogP contribution in [0.4, 0.5) is 10.5 Å². The van der Waals surface area contributed by atoms with E-state index in [1.807, 2.05) is 0 Å². The summed E-state index contributed by atoms with van der Waals surface area (Å²) in [6, 6.07) is 1.00. The van der Waals surface area contributed by atoms with Crippen LogP contribution in [-0.2, 0) is 20.7 Å². The Morgan fingerprint density at radius 2 is 1.96 bits per heavy atom. The molecule has 0 aliphatic carbocycles. The van der Waals surface area contributed by atoms with E-state index in [-0.39, 0.29) is 22.9 Å². The van der Waals surface area contributed by atoms with Crippen LogP contribution in [0.1, 0.15) is 39.7 Å². The van der Waals surface area contributed by atoms with Crippen LogP contribution in [0.2, 0.25) is 10.0 Å². The first kappa shape index (κ1) is 21.3. The van der Waals surface area contributed by atoms with Gasteiger partial charge in [-0.15, -0.1) is 0 Å². The molecule has 0 unspecified atom stereocenters. The molecule has 7 nitrogen and oxygen atoms in total. The maximum absolute atomic E-state index is 13.1. The predicted octanol–water partition coefficient (Wildman–Crippen LogP) is 3.64. The third-order valence-corrected chi connectivity index (χ3v) is 4.90. The van der Waals surface area contributed by atoms with Crippen LogP contribution in [0.25, 0.3) is 0 Å². The highest BCUT2D eigenvalue weighted by Crippen LogP contribution is 2.40. The van der Waals surface area contributed by atoms with E-state index in [2.05, 4.69) is 5.32 Å². The van der Waals surface area contributed by atoms with Crippen molar-refractivity contribution in [2.75, 3.05) is 4.90 Å². The fourth-order valence-electron chi connectivity index (χ4n) is 2.88. The average molecular weight is 417 g/mol. The predicted molar refractivity (Wildman–Crippen MR) is 103 cm³/mol. The van der Waals surface area contributed by atoms with E-state index in [4.69, 9.17) is 27.9 Å². The third-order valence-electron chi connectivity index (χ3n) is 4.06. The van der Waals surface area contributed by atoms with Crippen molar-refractivity contribution in [1.82, 2.24) is 5.32 Å². The summed E-state index contributed by atoms with van der Waals surface area (Å²) in [6.45, 7) is 6.83. The van der Waals surface area contributed by atoms with Crippen LogP contribution < -0.4 is 10.2 Å². The second kappa shape index (κ2) is 7.94. The Balaban J connectivity index is 2.33. The minimum absolute atomic E-state index is 0.0403. The molecular formula is C18H22Cl2N2O5. The van der Waals surface area contributed by atoms with Crippen molar-refractivity contribution in [3.63, 3.8) is 0 Å². The van der Waals surface area contributed by atoms with E-state index >= 15 is 0 Å². The summed E-state index contributed by atoms with van der Waals surface area (Å²) in [5, 5.41) is 12.6. The molecule has 0 saturated heterocycles. The Labute approximate surface area is 167 Å². The highest BCUT2D eigenvalue weighted by Gasteiger charge is 2.42. The maximum atomic E-state index is 13.1. The van der Waals surface area contributed by atoms with Crippen LogP contribution in [0, 0.1) is 0 Å². The molecule has 1 heterocycles. The van der Waals surface area contributed by atoms with E-state index in [0.29, 0.717) is 11.3 Å². The van der Waals surface area contributed by atoms with Gasteiger partial charge in [0.15, 0.2) is 0 Å². The molecular weight excluding hydrogens is 395 g/mol. The Morgan fingerprint density at radius 3 is 2.48 bits per heavy atom. The average Bonchev–Trinajstić information content (AvgIpc) is 2.94. The number of aliphatic carboxylic acids is 1. The van der Waals surface area contributed by atoms with E-state index in [9.17, 15) is 19.5 Å². The summed E-state index contributed by atoms with van der Waals surface area (Å²) in [7, 11) is 0. The Hall–Kier alpha value is -1.99. The van der Waals surface area contributed by atoms with Gasteiger partial charge < -0.3 is 15.2 Å². The molecule has 1 aromatic carbocycles. The van der Waals surface area contributed by atoms with Crippen molar-refractivity contribution in [2.45, 2.75) is 58.2 Å². The number of ether oxygens (including phenoxy) is 1. The first-order valence-corrected chi connectivity index (χ1v) is 9.24. The van der Waals surface area contributed by atoms with Gasteiger partial charge >= 0.3 is 12.1 Å². The molecule has 1 aromatic rings. The molecule has 0 radical (unpaired) electrons. The molecule has 2 N–H and O–H groups in total. The van der Waals surface area contributed by atoms with Gasteiger partial charge in [-0.1, -0.05) is 30.1 Å². The van der Waals surface area contributed by atoms with Crippen LogP contribution in [0.5, 0.6) is 0 Å². The first-order valence-electron chi connectivity index (χ1n) is 8.48. The van der Waals surface area contributed by atoms with E-state index < -0.39 is 35.7 Å². The normalized spacial score (nSPS) is 17.3. The van der Waals surface area contributed by atoms with Crippen molar-refractivity contribution in [3.8, 4) is 0 Å². The molecule has 27 heavy (non-hydrogen) atoms. The Kier molecular flexibility index (Phi) is 6.27. The fourth-order valence-corrected chi connectivity index (χ4v) is 3.30. The van der Waals surface area contributed by atoms with Crippen molar-refractivity contribution < 1.29 is 24.2 Å². The number of hydrogen-bond donors (Lipinski definition) is 2. The van der Waals surface area contributed by atoms with Crippen molar-refractivity contribution in [2.24, 2.45) is 0 Å². The molecule has 1 aliphatic rings. The second-order valence-electron chi connectivity index (χ2n) is 7.23. The number of nitrogens with one attached hydrogen (secondary N) is 1. The summed E-state index contributed by atoms with van der Waals surface area (Å²) in [4.78, 5) is 38.0. The lowest BCUT2D eigenvalue weighted by Gasteiger charge is -2.28. The lowest BCUT2D eigenvalue weighted by Crippen LogP contribution is -2.53. The number of alkyl carbamates (subject to hydrolysis) is 1. The van der Waals surface area contributed by atoms with Gasteiger partial charge in [0.1, 0.15) is 17.7 Å². The Morgan fingerprint density at radius 1 is 1.33 bits per heavy atom. The van der Waals surface area contributed by atoms with Crippen molar-refractivity contribution in [1.29, 1.82) is 0 Å². The van der Waals surface area contributed by atoms with Gasteiger partial charge in [-0.05, 0) is 44.9 Å². The van der Waals surface area contributed by atoms with Crippen LogP contribution in [0.15, 0.2) is 12.1 Å². The summed E-state index contributed by atoms with van der Waals surface area (Å²) >= 11 is 12.2. The molecule has 0 aromatic heterocycles. The second-order valence-corrected chi connectivity index (χ2v) is 8.02. The lowest BCUT2D eigenvalue weighted by molar-refractivity contribution is -0.140. The number of anilines is 1. The molecule has 0 bridgehead atoms. The van der Waals surface area contributed by atoms with Gasteiger partial charge in [-0.3, -0.25) is 9.69 Å². The molecule has 0 saturated carbocycles. The minimum atomic E-state index is -1.17. The molecule has 148 valence electrons. The first-order chi connectivity index (χ1) is 12.5. The quantitative estimate of drug-likeness (QED) is 0.780. The van der Waals surface area contributed by atoms with Gasteiger partial charge in [-0.25, -0.2) is 9.59 Å². The fraction of sp³-hybridized carbons (Fsp3) is 0.500. The molecule has 2 amide bonds. The SMILES string of the molecule is CC[C@H](NC(=O)OC(C)(C)C)C(=O)N1c2ccc(Cl)c(Cl)c2C[C@@H]1C(=O)O. The highest BCUT2D eigenvalue weighted by atomic mass is 35.5. The number of halogens is 2. The number of nitrogens with zero attached hydrogens (tertiary/aromatic N) is 1. The zero-order chi connectivity index (χ0) is 20.5. The number of benzene rings is 1. The Bertz CT molecular complexity index is 776. The largest absolute Gasteiger partial charge is 0.480 e. The van der Waals surface area contributed by atoms with Gasteiger partial charge in [0, 0.05) is 12.1 Å². The molecule has 9 heteroatoms. The molecule has 0 fully saturated rings. The van der Waals surface area contributed by atoms with Gasteiger partial charge in [0.25, 0.3) is 5.91 Å². The third kappa shape index (κ3) is 4.65. The summed E-state index contributed by atoms with van der Waals surface area (Å²) < 4.78 is 5.19. The van der Waals surface area contributed by atoms with E-state index in [1.165, 1.54) is 6.07 Å². The van der Waals surface area contributed by atoms with Crippen molar-refractivity contribution >= 4 is 46.9 Å².